The fourth-order valence-corrected chi connectivity index (χ4v) is 3.61. The van der Waals surface area contributed by atoms with Crippen molar-refractivity contribution in [2.24, 2.45) is 5.10 Å². The zero-order valence-corrected chi connectivity index (χ0v) is 16.4. The van der Waals surface area contributed by atoms with E-state index < -0.39 is 0 Å². The first-order valence-electron chi connectivity index (χ1n) is 9.01. The van der Waals surface area contributed by atoms with Crippen LogP contribution in [-0.4, -0.2) is 44.0 Å². The largest absolute Gasteiger partial charge is 0.495 e. The molecular formula is C19H24N4O3S. The summed E-state index contributed by atoms with van der Waals surface area (Å²) in [6, 6.07) is 6.08. The molecule has 1 aromatic heterocycles. The molecule has 144 valence electrons. The number of carbonyl (C=O) groups is 1. The van der Waals surface area contributed by atoms with Crippen molar-refractivity contribution in [2.45, 2.75) is 26.2 Å². The van der Waals surface area contributed by atoms with E-state index in [0.29, 0.717) is 17.4 Å². The highest BCUT2D eigenvalue weighted by molar-refractivity contribution is 7.13. The Bertz CT molecular complexity index is 800. The molecule has 2 aromatic rings. The second-order valence-electron chi connectivity index (χ2n) is 6.12. The number of aromatic nitrogens is 1. The third-order valence-corrected chi connectivity index (χ3v) is 5.00. The molecule has 0 aliphatic carbocycles. The van der Waals surface area contributed by atoms with Gasteiger partial charge in [-0.25, -0.2) is 4.98 Å². The van der Waals surface area contributed by atoms with Crippen LogP contribution in [0.15, 0.2) is 28.7 Å². The van der Waals surface area contributed by atoms with Gasteiger partial charge in [0.25, 0.3) is 0 Å². The average molecular weight is 388 g/mol. The van der Waals surface area contributed by atoms with E-state index in [9.17, 15) is 4.79 Å². The minimum absolute atomic E-state index is 0.172. The SMILES string of the molecule is CCOC(=O)Cc1csc(NN=Cc2ccc(N3CCCC3)c(OC)c2)n1. The molecule has 1 fully saturated rings. The van der Waals surface area contributed by atoms with Crippen LogP contribution in [0.5, 0.6) is 5.75 Å². The first kappa shape index (κ1) is 19.2. The Labute approximate surface area is 163 Å². The number of benzene rings is 1. The normalized spacial score (nSPS) is 13.9. The Balaban J connectivity index is 1.59. The van der Waals surface area contributed by atoms with Crippen LogP contribution in [0.4, 0.5) is 10.8 Å². The molecule has 8 heteroatoms. The van der Waals surface area contributed by atoms with Gasteiger partial charge in [-0.05, 0) is 37.5 Å². The molecule has 27 heavy (non-hydrogen) atoms. The van der Waals surface area contributed by atoms with Crippen molar-refractivity contribution in [1.82, 2.24) is 4.98 Å². The first-order chi connectivity index (χ1) is 13.2. The molecule has 0 unspecified atom stereocenters. The van der Waals surface area contributed by atoms with Crippen molar-refractivity contribution in [3.63, 3.8) is 0 Å². The maximum Gasteiger partial charge on any atom is 0.311 e. The van der Waals surface area contributed by atoms with E-state index >= 15 is 0 Å². The number of carbonyl (C=O) groups excluding carboxylic acids is 1. The first-order valence-corrected chi connectivity index (χ1v) is 9.89. The van der Waals surface area contributed by atoms with Crippen LogP contribution in [0.3, 0.4) is 0 Å². The van der Waals surface area contributed by atoms with Crippen molar-refractivity contribution < 1.29 is 14.3 Å². The van der Waals surface area contributed by atoms with E-state index in [0.717, 1.165) is 30.1 Å². The number of hydrazone groups is 1. The number of esters is 1. The van der Waals surface area contributed by atoms with Gasteiger partial charge in [-0.3, -0.25) is 10.2 Å². The number of ether oxygens (including phenoxy) is 2. The third-order valence-electron chi connectivity index (χ3n) is 4.21. The second kappa shape index (κ2) is 9.36. The van der Waals surface area contributed by atoms with Gasteiger partial charge in [0.1, 0.15) is 5.75 Å². The zero-order valence-electron chi connectivity index (χ0n) is 15.6. The van der Waals surface area contributed by atoms with Crippen LogP contribution in [-0.2, 0) is 16.0 Å². The molecule has 0 atom stereocenters. The van der Waals surface area contributed by atoms with E-state index in [1.165, 1.54) is 24.2 Å². The molecule has 1 aliphatic rings. The summed E-state index contributed by atoms with van der Waals surface area (Å²) in [5, 5.41) is 6.68. The molecule has 0 spiro atoms. The molecule has 0 radical (unpaired) electrons. The lowest BCUT2D eigenvalue weighted by Crippen LogP contribution is -2.18. The standard InChI is InChI=1S/C19H24N4O3S/c1-3-26-18(24)11-15-13-27-19(21-15)22-20-12-14-6-7-16(17(10-14)25-2)23-8-4-5-9-23/h6-7,10,12-13H,3-5,8-9,11H2,1-2H3,(H,21,22). The van der Waals surface area contributed by atoms with E-state index in [-0.39, 0.29) is 12.4 Å². The topological polar surface area (TPSA) is 76.0 Å². The number of rotatable bonds is 8. The summed E-state index contributed by atoms with van der Waals surface area (Å²) in [4.78, 5) is 18.2. The molecule has 0 amide bonds. The van der Waals surface area contributed by atoms with Crippen LogP contribution in [0.2, 0.25) is 0 Å². The lowest BCUT2D eigenvalue weighted by atomic mass is 10.2. The average Bonchev–Trinajstić information content (AvgIpc) is 3.34. The fourth-order valence-electron chi connectivity index (χ4n) is 2.96. The Kier molecular flexibility index (Phi) is 6.64. The van der Waals surface area contributed by atoms with E-state index in [1.54, 1.807) is 20.2 Å². The summed E-state index contributed by atoms with van der Waals surface area (Å²) < 4.78 is 10.5. The molecular weight excluding hydrogens is 364 g/mol. The number of anilines is 2. The predicted molar refractivity (Wildman–Crippen MR) is 108 cm³/mol. The van der Waals surface area contributed by atoms with Crippen molar-refractivity contribution in [2.75, 3.05) is 37.1 Å². The third kappa shape index (κ3) is 5.19. The summed E-state index contributed by atoms with van der Waals surface area (Å²) in [6.45, 7) is 4.30. The van der Waals surface area contributed by atoms with Crippen molar-refractivity contribution in [3.8, 4) is 5.75 Å². The van der Waals surface area contributed by atoms with Crippen LogP contribution >= 0.6 is 11.3 Å². The minimum atomic E-state index is -0.275. The highest BCUT2D eigenvalue weighted by Crippen LogP contribution is 2.31. The molecule has 2 heterocycles. The molecule has 1 aromatic carbocycles. The molecule has 1 aliphatic heterocycles. The Morgan fingerprint density at radius 3 is 2.96 bits per heavy atom. The van der Waals surface area contributed by atoms with Crippen LogP contribution < -0.4 is 15.1 Å². The monoisotopic (exact) mass is 388 g/mol. The molecule has 1 saturated heterocycles. The molecule has 0 bridgehead atoms. The van der Waals surface area contributed by atoms with E-state index in [4.69, 9.17) is 9.47 Å². The smallest absolute Gasteiger partial charge is 0.311 e. The summed E-state index contributed by atoms with van der Waals surface area (Å²) in [5.74, 6) is 0.579. The molecule has 0 saturated carbocycles. The number of nitrogens with zero attached hydrogens (tertiary/aromatic N) is 3. The Morgan fingerprint density at radius 2 is 2.22 bits per heavy atom. The number of nitrogens with one attached hydrogen (secondary N) is 1. The van der Waals surface area contributed by atoms with Gasteiger partial charge in [0.2, 0.25) is 5.13 Å². The van der Waals surface area contributed by atoms with Gasteiger partial charge in [0.05, 0.1) is 37.7 Å². The molecule has 7 nitrogen and oxygen atoms in total. The number of hydrogen-bond donors (Lipinski definition) is 1. The van der Waals surface area contributed by atoms with Gasteiger partial charge in [0.15, 0.2) is 0 Å². The predicted octanol–water partition coefficient (Wildman–Crippen LogP) is 3.30. The van der Waals surface area contributed by atoms with Gasteiger partial charge in [0, 0.05) is 18.5 Å². The number of hydrogen-bond acceptors (Lipinski definition) is 8. The highest BCUT2D eigenvalue weighted by Gasteiger charge is 2.16. The van der Waals surface area contributed by atoms with Gasteiger partial charge >= 0.3 is 5.97 Å². The quantitative estimate of drug-likeness (QED) is 0.425. The van der Waals surface area contributed by atoms with Crippen molar-refractivity contribution in [3.05, 3.63) is 34.8 Å². The van der Waals surface area contributed by atoms with Crippen LogP contribution in [0, 0.1) is 0 Å². The Hall–Kier alpha value is -2.61. The van der Waals surface area contributed by atoms with Crippen LogP contribution in [0.1, 0.15) is 31.0 Å². The number of methoxy groups -OCH3 is 1. The summed E-state index contributed by atoms with van der Waals surface area (Å²) in [5.41, 5.74) is 5.64. The second-order valence-corrected chi connectivity index (χ2v) is 6.98. The van der Waals surface area contributed by atoms with Crippen molar-refractivity contribution in [1.29, 1.82) is 0 Å². The lowest BCUT2D eigenvalue weighted by Gasteiger charge is -2.20. The van der Waals surface area contributed by atoms with E-state index in [2.05, 4.69) is 26.5 Å². The van der Waals surface area contributed by atoms with Crippen LogP contribution in [0.25, 0.3) is 0 Å². The fraction of sp³-hybridized carbons (Fsp3) is 0.421. The minimum Gasteiger partial charge on any atom is -0.495 e. The van der Waals surface area contributed by atoms with Gasteiger partial charge in [-0.2, -0.15) is 5.10 Å². The number of thiazole rings is 1. The van der Waals surface area contributed by atoms with Gasteiger partial charge in [-0.1, -0.05) is 6.07 Å². The lowest BCUT2D eigenvalue weighted by molar-refractivity contribution is -0.142. The highest BCUT2D eigenvalue weighted by atomic mass is 32.1. The maximum atomic E-state index is 11.5. The van der Waals surface area contributed by atoms with Gasteiger partial charge in [-0.15, -0.1) is 11.3 Å². The Morgan fingerprint density at radius 1 is 1.41 bits per heavy atom. The maximum absolute atomic E-state index is 11.5. The van der Waals surface area contributed by atoms with Gasteiger partial charge < -0.3 is 14.4 Å². The molecule has 3 rings (SSSR count). The zero-order chi connectivity index (χ0) is 19.1. The summed E-state index contributed by atoms with van der Waals surface area (Å²) in [6.07, 6.45) is 4.35. The summed E-state index contributed by atoms with van der Waals surface area (Å²) in [7, 11) is 1.69. The van der Waals surface area contributed by atoms with E-state index in [1.807, 2.05) is 17.5 Å². The summed E-state index contributed by atoms with van der Waals surface area (Å²) >= 11 is 1.40. The molecule has 1 N–H and O–H groups in total. The van der Waals surface area contributed by atoms with Crippen molar-refractivity contribution >= 4 is 34.3 Å².